The molecular formula is C5H6ClNO3. The van der Waals surface area contributed by atoms with Gasteiger partial charge < -0.3 is 9.94 Å². The molecule has 1 heterocycles. The summed E-state index contributed by atoms with van der Waals surface area (Å²) in [6.07, 6.45) is -0.521. The van der Waals surface area contributed by atoms with E-state index in [0.717, 1.165) is 0 Å². The molecule has 1 unspecified atom stereocenters. The summed E-state index contributed by atoms with van der Waals surface area (Å²) in [6, 6.07) is 0. The predicted octanol–water partition coefficient (Wildman–Crippen LogP) is 0.455. The number of alkyl halides is 1. The standard InChI is InChI=1S/C5H6ClNO3/c6-2-3-1-4(5(8)9)10-7-3/h4H,1-2H2,(H,8,9). The number of nitrogens with zero attached hydrogens (tertiary/aromatic N) is 1. The average Bonchev–Trinajstić information content (AvgIpc) is 2.34. The van der Waals surface area contributed by atoms with Gasteiger partial charge in [0.2, 0.25) is 6.10 Å². The van der Waals surface area contributed by atoms with E-state index in [1.165, 1.54) is 0 Å². The molecule has 4 nitrogen and oxygen atoms in total. The first-order valence-electron chi connectivity index (χ1n) is 2.74. The Hall–Kier alpha value is -0.770. The minimum atomic E-state index is -0.996. The van der Waals surface area contributed by atoms with E-state index in [2.05, 4.69) is 9.99 Å². The molecule has 0 bridgehead atoms. The Balaban J connectivity index is 2.43. The molecule has 5 heteroatoms. The summed E-state index contributed by atoms with van der Waals surface area (Å²) in [5, 5.41) is 11.8. The van der Waals surface area contributed by atoms with Gasteiger partial charge in [-0.3, -0.25) is 0 Å². The molecule has 0 saturated carbocycles. The number of carboxylic acids is 1. The van der Waals surface area contributed by atoms with Gasteiger partial charge in [0.25, 0.3) is 0 Å². The van der Waals surface area contributed by atoms with E-state index in [4.69, 9.17) is 16.7 Å². The van der Waals surface area contributed by atoms with Crippen molar-refractivity contribution in [3.05, 3.63) is 0 Å². The third-order valence-corrected chi connectivity index (χ3v) is 1.47. The van der Waals surface area contributed by atoms with Crippen LogP contribution in [0.2, 0.25) is 0 Å². The average molecular weight is 164 g/mol. The van der Waals surface area contributed by atoms with Crippen molar-refractivity contribution < 1.29 is 14.7 Å². The first kappa shape index (κ1) is 7.34. The van der Waals surface area contributed by atoms with Gasteiger partial charge in [0.05, 0.1) is 11.6 Å². The Kier molecular flexibility index (Phi) is 2.11. The normalized spacial score (nSPS) is 23.7. The fraction of sp³-hybridized carbons (Fsp3) is 0.600. The van der Waals surface area contributed by atoms with Crippen LogP contribution in [0.4, 0.5) is 0 Å². The quantitative estimate of drug-likeness (QED) is 0.602. The highest BCUT2D eigenvalue weighted by molar-refractivity contribution is 6.28. The molecule has 1 N–H and O–H groups in total. The van der Waals surface area contributed by atoms with Gasteiger partial charge in [-0.1, -0.05) is 5.16 Å². The summed E-state index contributed by atoms with van der Waals surface area (Å²) in [6.45, 7) is 0. The minimum absolute atomic E-state index is 0.240. The topological polar surface area (TPSA) is 58.9 Å². The van der Waals surface area contributed by atoms with Crippen LogP contribution >= 0.6 is 11.6 Å². The monoisotopic (exact) mass is 163 g/mol. The highest BCUT2D eigenvalue weighted by Crippen LogP contribution is 2.10. The lowest BCUT2D eigenvalue weighted by Gasteiger charge is -1.98. The van der Waals surface area contributed by atoms with Crippen LogP contribution < -0.4 is 0 Å². The molecule has 1 rings (SSSR count). The summed E-state index contributed by atoms with van der Waals surface area (Å²) in [4.78, 5) is 14.7. The van der Waals surface area contributed by atoms with Crippen molar-refractivity contribution in [3.8, 4) is 0 Å². The fourth-order valence-corrected chi connectivity index (χ4v) is 0.796. The maximum absolute atomic E-state index is 10.2. The molecule has 0 aromatic rings. The maximum atomic E-state index is 10.2. The van der Waals surface area contributed by atoms with Crippen LogP contribution in [-0.2, 0) is 9.63 Å². The molecule has 0 aromatic carbocycles. The van der Waals surface area contributed by atoms with E-state index in [-0.39, 0.29) is 5.88 Å². The van der Waals surface area contributed by atoms with Gasteiger partial charge in [-0.15, -0.1) is 11.6 Å². The second-order valence-corrected chi connectivity index (χ2v) is 2.19. The van der Waals surface area contributed by atoms with E-state index in [0.29, 0.717) is 12.1 Å². The van der Waals surface area contributed by atoms with Crippen molar-refractivity contribution in [2.45, 2.75) is 12.5 Å². The summed E-state index contributed by atoms with van der Waals surface area (Å²) in [5.41, 5.74) is 0.592. The molecular weight excluding hydrogens is 158 g/mol. The molecule has 0 saturated heterocycles. The second kappa shape index (κ2) is 2.88. The zero-order valence-electron chi connectivity index (χ0n) is 5.08. The summed E-state index contributed by atoms with van der Waals surface area (Å²) < 4.78 is 0. The Morgan fingerprint density at radius 3 is 3.00 bits per heavy atom. The van der Waals surface area contributed by atoms with E-state index < -0.39 is 12.1 Å². The lowest BCUT2D eigenvalue weighted by molar-refractivity contribution is -0.148. The number of aliphatic carboxylic acids is 1. The van der Waals surface area contributed by atoms with Gasteiger partial charge in [-0.05, 0) is 0 Å². The smallest absolute Gasteiger partial charge is 0.348 e. The SMILES string of the molecule is O=C(O)C1CC(CCl)=NO1. The number of carboxylic acid groups (broad SMARTS) is 1. The third kappa shape index (κ3) is 1.39. The highest BCUT2D eigenvalue weighted by atomic mass is 35.5. The van der Waals surface area contributed by atoms with Gasteiger partial charge in [0.1, 0.15) is 0 Å². The largest absolute Gasteiger partial charge is 0.478 e. The number of rotatable bonds is 2. The van der Waals surface area contributed by atoms with E-state index in [1.54, 1.807) is 0 Å². The molecule has 0 fully saturated rings. The minimum Gasteiger partial charge on any atom is -0.478 e. The van der Waals surface area contributed by atoms with Gasteiger partial charge in [-0.2, -0.15) is 0 Å². The van der Waals surface area contributed by atoms with E-state index in [1.807, 2.05) is 0 Å². The number of halogens is 1. The molecule has 0 aliphatic carbocycles. The van der Waals surface area contributed by atoms with Crippen molar-refractivity contribution in [1.82, 2.24) is 0 Å². The van der Waals surface area contributed by atoms with Crippen molar-refractivity contribution in [1.29, 1.82) is 0 Å². The van der Waals surface area contributed by atoms with Crippen LogP contribution in [0.25, 0.3) is 0 Å². The molecule has 1 aliphatic rings. The zero-order chi connectivity index (χ0) is 7.56. The molecule has 0 spiro atoms. The summed E-state index contributed by atoms with van der Waals surface area (Å²) in [7, 11) is 0. The van der Waals surface area contributed by atoms with Crippen molar-refractivity contribution in [2.24, 2.45) is 5.16 Å². The first-order valence-corrected chi connectivity index (χ1v) is 3.28. The van der Waals surface area contributed by atoms with Crippen LogP contribution in [0.15, 0.2) is 5.16 Å². The van der Waals surface area contributed by atoms with Gasteiger partial charge in [0.15, 0.2) is 0 Å². The Morgan fingerprint density at radius 1 is 2.00 bits per heavy atom. The fourth-order valence-electron chi connectivity index (χ4n) is 0.638. The number of hydrogen-bond acceptors (Lipinski definition) is 3. The highest BCUT2D eigenvalue weighted by Gasteiger charge is 2.26. The number of carbonyl (C=O) groups is 1. The zero-order valence-corrected chi connectivity index (χ0v) is 5.84. The lowest BCUT2D eigenvalue weighted by atomic mass is 10.2. The Bertz CT molecular complexity index is 180. The van der Waals surface area contributed by atoms with Gasteiger partial charge in [0, 0.05) is 6.42 Å². The van der Waals surface area contributed by atoms with Crippen molar-refractivity contribution in [2.75, 3.05) is 5.88 Å². The number of oxime groups is 1. The van der Waals surface area contributed by atoms with Gasteiger partial charge >= 0.3 is 5.97 Å². The Labute approximate surface area is 62.4 Å². The third-order valence-electron chi connectivity index (χ3n) is 1.16. The maximum Gasteiger partial charge on any atom is 0.348 e. The molecule has 1 aliphatic heterocycles. The van der Waals surface area contributed by atoms with Crippen LogP contribution in [0.3, 0.4) is 0 Å². The molecule has 1 atom stereocenters. The molecule has 0 aromatic heterocycles. The second-order valence-electron chi connectivity index (χ2n) is 1.93. The number of hydrogen-bond donors (Lipinski definition) is 1. The summed E-state index contributed by atoms with van der Waals surface area (Å²) in [5.74, 6) is -0.757. The first-order chi connectivity index (χ1) is 4.74. The molecule has 56 valence electrons. The Morgan fingerprint density at radius 2 is 2.70 bits per heavy atom. The van der Waals surface area contributed by atoms with E-state index >= 15 is 0 Å². The van der Waals surface area contributed by atoms with Crippen LogP contribution in [0, 0.1) is 0 Å². The van der Waals surface area contributed by atoms with E-state index in [9.17, 15) is 4.79 Å². The summed E-state index contributed by atoms with van der Waals surface area (Å²) >= 11 is 5.37. The lowest BCUT2D eigenvalue weighted by Crippen LogP contribution is -2.19. The van der Waals surface area contributed by atoms with Crippen LogP contribution in [-0.4, -0.2) is 28.8 Å². The van der Waals surface area contributed by atoms with Crippen LogP contribution in [0.5, 0.6) is 0 Å². The van der Waals surface area contributed by atoms with Gasteiger partial charge in [-0.25, -0.2) is 4.79 Å². The van der Waals surface area contributed by atoms with Crippen molar-refractivity contribution >= 4 is 23.3 Å². The molecule has 0 radical (unpaired) electrons. The van der Waals surface area contributed by atoms with Crippen LogP contribution in [0.1, 0.15) is 6.42 Å². The molecule has 0 amide bonds. The molecule has 10 heavy (non-hydrogen) atoms. The predicted molar refractivity (Wildman–Crippen MR) is 35.3 cm³/mol. The van der Waals surface area contributed by atoms with Crippen molar-refractivity contribution in [3.63, 3.8) is 0 Å².